The topological polar surface area (TPSA) is 81.7 Å². The van der Waals surface area contributed by atoms with E-state index in [9.17, 15) is 13.2 Å². The minimum absolute atomic E-state index is 0.0292. The number of fused-ring (bicyclic) bond motifs is 1. The first-order valence-corrected chi connectivity index (χ1v) is 8.88. The lowest BCUT2D eigenvalue weighted by molar-refractivity contribution is -0.118. The van der Waals surface area contributed by atoms with Crippen LogP contribution in [-0.2, 0) is 21.2 Å². The molecule has 1 aliphatic heterocycles. The van der Waals surface area contributed by atoms with Crippen LogP contribution in [0.3, 0.4) is 0 Å². The van der Waals surface area contributed by atoms with Gasteiger partial charge in [0.25, 0.3) is 10.0 Å². The first kappa shape index (κ1) is 14.9. The molecule has 8 heteroatoms. The molecule has 0 fully saturated rings. The monoisotopic (exact) mass is 339 g/mol. The molecule has 1 aromatic heterocycles. The van der Waals surface area contributed by atoms with Crippen molar-refractivity contribution in [3.8, 4) is 11.5 Å². The van der Waals surface area contributed by atoms with Gasteiger partial charge in [-0.15, -0.1) is 11.3 Å². The molecular formula is C14H13NO5S2. The van der Waals surface area contributed by atoms with Gasteiger partial charge in [0, 0.05) is 10.9 Å². The summed E-state index contributed by atoms with van der Waals surface area (Å²) in [5, 5.41) is 1.83. The predicted octanol–water partition coefficient (Wildman–Crippen LogP) is 1.57. The first-order valence-electron chi connectivity index (χ1n) is 6.52. The third-order valence-corrected chi connectivity index (χ3v) is 5.23. The lowest BCUT2D eigenvalue weighted by Gasteiger charge is -2.18. The second-order valence-electron chi connectivity index (χ2n) is 4.59. The molecular weight excluding hydrogens is 326 g/mol. The molecule has 2 heterocycles. The standard InChI is InChI=1S/C14H13NO5S2/c16-14(8-10-2-1-7-21-10)15-22(17,18)11-3-4-12-13(9-11)20-6-5-19-12/h1-4,7,9H,5-6,8H2,(H,15,16). The summed E-state index contributed by atoms with van der Waals surface area (Å²) in [6.45, 7) is 0.790. The summed E-state index contributed by atoms with van der Waals surface area (Å²) in [5.74, 6) is 0.285. The third-order valence-electron chi connectivity index (χ3n) is 2.99. The number of carbonyl (C=O) groups is 1. The Kier molecular flexibility index (Phi) is 4.04. The number of nitrogens with one attached hydrogen (secondary N) is 1. The predicted molar refractivity (Wildman–Crippen MR) is 80.8 cm³/mol. The van der Waals surface area contributed by atoms with E-state index in [0.29, 0.717) is 24.7 Å². The van der Waals surface area contributed by atoms with Crippen molar-refractivity contribution in [2.75, 3.05) is 13.2 Å². The van der Waals surface area contributed by atoms with Gasteiger partial charge >= 0.3 is 0 Å². The number of ether oxygens (including phenoxy) is 2. The molecule has 0 radical (unpaired) electrons. The molecule has 1 aromatic carbocycles. The largest absolute Gasteiger partial charge is 0.486 e. The Morgan fingerprint density at radius 1 is 1.18 bits per heavy atom. The van der Waals surface area contributed by atoms with Crippen molar-refractivity contribution in [3.63, 3.8) is 0 Å². The van der Waals surface area contributed by atoms with Crippen LogP contribution in [-0.4, -0.2) is 27.5 Å². The van der Waals surface area contributed by atoms with E-state index >= 15 is 0 Å². The van der Waals surface area contributed by atoms with E-state index in [0.717, 1.165) is 4.88 Å². The fourth-order valence-electron chi connectivity index (χ4n) is 2.01. The number of thiophene rings is 1. The van der Waals surface area contributed by atoms with Gasteiger partial charge < -0.3 is 9.47 Å². The van der Waals surface area contributed by atoms with Crippen LogP contribution in [0.1, 0.15) is 4.88 Å². The van der Waals surface area contributed by atoms with E-state index in [4.69, 9.17) is 9.47 Å². The summed E-state index contributed by atoms with van der Waals surface area (Å²) in [5.41, 5.74) is 0. The molecule has 6 nitrogen and oxygen atoms in total. The van der Waals surface area contributed by atoms with E-state index in [1.54, 1.807) is 6.07 Å². The molecule has 22 heavy (non-hydrogen) atoms. The number of hydrogen-bond donors (Lipinski definition) is 1. The molecule has 0 bridgehead atoms. The molecule has 0 atom stereocenters. The molecule has 1 N–H and O–H groups in total. The van der Waals surface area contributed by atoms with Gasteiger partial charge in [-0.25, -0.2) is 13.1 Å². The molecule has 0 saturated carbocycles. The van der Waals surface area contributed by atoms with Crippen LogP contribution in [0.2, 0.25) is 0 Å². The molecule has 0 aliphatic carbocycles. The van der Waals surface area contributed by atoms with Crippen LogP contribution in [0.25, 0.3) is 0 Å². The van der Waals surface area contributed by atoms with Crippen LogP contribution in [0.5, 0.6) is 11.5 Å². The molecule has 0 saturated heterocycles. The Balaban J connectivity index is 1.76. The zero-order valence-corrected chi connectivity index (χ0v) is 13.1. The first-order chi connectivity index (χ1) is 10.5. The van der Waals surface area contributed by atoms with Crippen molar-refractivity contribution in [3.05, 3.63) is 40.6 Å². The summed E-state index contributed by atoms with van der Waals surface area (Å²) in [6, 6.07) is 7.85. The van der Waals surface area contributed by atoms with Crippen LogP contribution in [0, 0.1) is 0 Å². The molecule has 1 aliphatic rings. The third kappa shape index (κ3) is 3.23. The molecule has 2 aromatic rings. The fraction of sp³-hybridized carbons (Fsp3) is 0.214. The van der Waals surface area contributed by atoms with Gasteiger partial charge in [0.05, 0.1) is 11.3 Å². The van der Waals surface area contributed by atoms with Gasteiger partial charge in [0.15, 0.2) is 11.5 Å². The summed E-state index contributed by atoms with van der Waals surface area (Å²) in [4.78, 5) is 12.6. The Labute approximate surface area is 131 Å². The highest BCUT2D eigenvalue weighted by Gasteiger charge is 2.21. The maximum absolute atomic E-state index is 12.2. The SMILES string of the molecule is O=C(Cc1cccs1)NS(=O)(=O)c1ccc2c(c1)OCCO2. The molecule has 0 unspecified atom stereocenters. The second kappa shape index (κ2) is 5.98. The zero-order valence-electron chi connectivity index (χ0n) is 11.4. The number of rotatable bonds is 4. The Bertz CT molecular complexity index is 784. The van der Waals surface area contributed by atoms with Crippen molar-refractivity contribution in [2.24, 2.45) is 0 Å². The van der Waals surface area contributed by atoms with Gasteiger partial charge in [-0.3, -0.25) is 4.79 Å². The normalized spacial score (nSPS) is 13.6. The summed E-state index contributed by atoms with van der Waals surface area (Å²) >= 11 is 1.40. The van der Waals surface area contributed by atoms with Gasteiger partial charge in [0.2, 0.25) is 5.91 Å². The van der Waals surface area contributed by atoms with E-state index in [2.05, 4.69) is 4.72 Å². The lowest BCUT2D eigenvalue weighted by Crippen LogP contribution is -2.31. The van der Waals surface area contributed by atoms with Crippen LogP contribution in [0.4, 0.5) is 0 Å². The van der Waals surface area contributed by atoms with Crippen molar-refractivity contribution in [1.29, 1.82) is 0 Å². The number of sulfonamides is 1. The van der Waals surface area contributed by atoms with Gasteiger partial charge in [-0.05, 0) is 23.6 Å². The minimum atomic E-state index is -3.93. The average molecular weight is 339 g/mol. The fourth-order valence-corrected chi connectivity index (χ4v) is 3.71. The van der Waals surface area contributed by atoms with Crippen molar-refractivity contribution in [2.45, 2.75) is 11.3 Å². The maximum atomic E-state index is 12.2. The van der Waals surface area contributed by atoms with E-state index in [1.807, 2.05) is 11.4 Å². The molecule has 0 spiro atoms. The van der Waals surface area contributed by atoms with E-state index < -0.39 is 15.9 Å². The summed E-state index contributed by atoms with van der Waals surface area (Å²) < 4.78 is 37.2. The highest BCUT2D eigenvalue weighted by Crippen LogP contribution is 2.32. The number of benzene rings is 1. The molecule has 3 rings (SSSR count). The highest BCUT2D eigenvalue weighted by atomic mass is 32.2. The van der Waals surface area contributed by atoms with Crippen molar-refractivity contribution >= 4 is 27.3 Å². The molecule has 116 valence electrons. The van der Waals surface area contributed by atoms with Crippen molar-refractivity contribution < 1.29 is 22.7 Å². The van der Waals surface area contributed by atoms with Gasteiger partial charge in [0.1, 0.15) is 13.2 Å². The van der Waals surface area contributed by atoms with Crippen LogP contribution < -0.4 is 14.2 Å². The molecule has 1 amide bonds. The number of carbonyl (C=O) groups excluding carboxylic acids is 1. The second-order valence-corrected chi connectivity index (χ2v) is 7.30. The van der Waals surface area contributed by atoms with Crippen molar-refractivity contribution in [1.82, 2.24) is 4.72 Å². The van der Waals surface area contributed by atoms with Crippen LogP contribution in [0.15, 0.2) is 40.6 Å². The summed E-state index contributed by atoms with van der Waals surface area (Å²) in [7, 11) is -3.93. The lowest BCUT2D eigenvalue weighted by atomic mass is 10.3. The Morgan fingerprint density at radius 2 is 1.95 bits per heavy atom. The Hall–Kier alpha value is -2.06. The Morgan fingerprint density at radius 3 is 2.68 bits per heavy atom. The maximum Gasteiger partial charge on any atom is 0.264 e. The van der Waals surface area contributed by atoms with Crippen LogP contribution >= 0.6 is 11.3 Å². The average Bonchev–Trinajstić information content (AvgIpc) is 2.99. The van der Waals surface area contributed by atoms with Gasteiger partial charge in [-0.2, -0.15) is 0 Å². The van der Waals surface area contributed by atoms with Gasteiger partial charge in [-0.1, -0.05) is 6.07 Å². The van der Waals surface area contributed by atoms with E-state index in [-0.39, 0.29) is 11.3 Å². The minimum Gasteiger partial charge on any atom is -0.486 e. The highest BCUT2D eigenvalue weighted by molar-refractivity contribution is 7.90. The smallest absolute Gasteiger partial charge is 0.264 e. The quantitative estimate of drug-likeness (QED) is 0.914. The number of amides is 1. The van der Waals surface area contributed by atoms with E-state index in [1.165, 1.54) is 29.5 Å². The zero-order chi connectivity index (χ0) is 15.6. The summed E-state index contributed by atoms with van der Waals surface area (Å²) in [6.07, 6.45) is 0.0292. The number of hydrogen-bond acceptors (Lipinski definition) is 6.